The number of hydrogen-bond acceptors (Lipinski definition) is 7. The molecule has 0 bridgehead atoms. The molecule has 0 heterocycles. The smallest absolute Gasteiger partial charge is 0.462 e. The number of ether oxygens (including phenoxy) is 2. The fourth-order valence-corrected chi connectivity index (χ4v) is 11.9. The number of nitrogens with zero attached hydrogens (tertiary/aromatic N) is 1. The van der Waals surface area contributed by atoms with E-state index in [1.54, 1.807) is 0 Å². The first-order valence-corrected chi connectivity index (χ1v) is 37.9. The highest BCUT2D eigenvalue weighted by atomic mass is 31.2. The number of carbonyl (C=O) groups excluding carboxylic acids is 2. The van der Waals surface area contributed by atoms with Crippen molar-refractivity contribution in [3.8, 4) is 0 Å². The number of esters is 2. The summed E-state index contributed by atoms with van der Waals surface area (Å²) in [5.41, 5.74) is 0. The number of likely N-dealkylation sites (N-methyl/N-ethyl adjacent to an activating group) is 1. The summed E-state index contributed by atoms with van der Waals surface area (Å²) in [6.07, 6.45) is 79.1. The molecule has 0 radical (unpaired) electrons. The highest BCUT2D eigenvalue weighted by Gasteiger charge is 2.27. The van der Waals surface area contributed by atoms with Gasteiger partial charge in [-0.15, -0.1) is 0 Å². The Balaban J connectivity index is 3.93. The number of allylic oxidation sites excluding steroid dienone is 2. The molecule has 0 saturated carbocycles. The second kappa shape index (κ2) is 64.2. The summed E-state index contributed by atoms with van der Waals surface area (Å²) in [5.74, 6) is -0.769. The summed E-state index contributed by atoms with van der Waals surface area (Å²) in [6.45, 7) is 4.52. The number of phosphoric ester groups is 1. The van der Waals surface area contributed by atoms with Crippen LogP contribution in [-0.4, -0.2) is 74.9 Å². The highest BCUT2D eigenvalue weighted by Crippen LogP contribution is 2.43. The van der Waals surface area contributed by atoms with Crippen LogP contribution in [0.2, 0.25) is 0 Å². The Bertz CT molecular complexity index is 1390. The van der Waals surface area contributed by atoms with Crippen LogP contribution in [0.3, 0.4) is 0 Å². The van der Waals surface area contributed by atoms with Crippen molar-refractivity contribution in [3.63, 3.8) is 0 Å². The maximum Gasteiger partial charge on any atom is 0.472 e. The van der Waals surface area contributed by atoms with Gasteiger partial charge in [-0.2, -0.15) is 0 Å². The molecule has 1 N–H and O–H groups in total. The van der Waals surface area contributed by atoms with Crippen molar-refractivity contribution < 1.29 is 42.1 Å². The second-order valence-corrected chi connectivity index (χ2v) is 27.8. The lowest BCUT2D eigenvalue weighted by atomic mass is 10.0. The summed E-state index contributed by atoms with van der Waals surface area (Å²) in [6, 6.07) is 0. The maximum atomic E-state index is 12.9. The molecular weight excluding hydrogens is 1040 g/mol. The normalized spacial score (nSPS) is 13.1. The van der Waals surface area contributed by atoms with Crippen LogP contribution in [0.4, 0.5) is 0 Å². The first kappa shape index (κ1) is 80.8. The van der Waals surface area contributed by atoms with Crippen molar-refractivity contribution in [2.45, 2.75) is 392 Å². The summed E-state index contributed by atoms with van der Waals surface area (Å²) in [5, 5.41) is 0. The summed E-state index contributed by atoms with van der Waals surface area (Å²) < 4.78 is 34.8. The molecule has 0 aromatic carbocycles. The third-order valence-corrected chi connectivity index (χ3v) is 17.8. The maximum absolute atomic E-state index is 12.9. The lowest BCUT2D eigenvalue weighted by molar-refractivity contribution is -0.870. The molecule has 9 nitrogen and oxygen atoms in total. The first-order valence-electron chi connectivity index (χ1n) is 36.4. The van der Waals surface area contributed by atoms with Gasteiger partial charge in [-0.25, -0.2) is 4.57 Å². The van der Waals surface area contributed by atoms with Crippen LogP contribution in [0.15, 0.2) is 12.2 Å². The fraction of sp³-hybridized carbons (Fsp3) is 0.944. The molecule has 0 fully saturated rings. The van der Waals surface area contributed by atoms with Gasteiger partial charge in [0.2, 0.25) is 0 Å². The van der Waals surface area contributed by atoms with E-state index in [9.17, 15) is 19.0 Å². The van der Waals surface area contributed by atoms with Gasteiger partial charge in [0.25, 0.3) is 0 Å². The van der Waals surface area contributed by atoms with E-state index in [0.29, 0.717) is 17.4 Å². The Kier molecular flexibility index (Phi) is 63.3. The zero-order chi connectivity index (χ0) is 59.8. The van der Waals surface area contributed by atoms with E-state index in [4.69, 9.17) is 18.5 Å². The first-order chi connectivity index (χ1) is 40.0. The molecular formula is C72H143NO8P+. The molecule has 0 spiro atoms. The van der Waals surface area contributed by atoms with Crippen molar-refractivity contribution in [3.05, 3.63) is 12.2 Å². The summed E-state index contributed by atoms with van der Waals surface area (Å²) in [4.78, 5) is 35.9. The average molecular weight is 1180 g/mol. The number of unbranched alkanes of at least 4 members (excludes halogenated alkanes) is 53. The largest absolute Gasteiger partial charge is 0.472 e. The number of phosphoric acid groups is 1. The number of quaternary nitrogens is 1. The topological polar surface area (TPSA) is 108 Å². The molecule has 0 aliphatic heterocycles. The summed E-state index contributed by atoms with van der Waals surface area (Å²) >= 11 is 0. The third-order valence-electron chi connectivity index (χ3n) is 16.8. The Morgan fingerprint density at radius 2 is 0.622 bits per heavy atom. The van der Waals surface area contributed by atoms with Crippen LogP contribution in [0, 0.1) is 0 Å². The minimum atomic E-state index is -4.39. The predicted octanol–water partition coefficient (Wildman–Crippen LogP) is 23.5. The monoisotopic (exact) mass is 1180 g/mol. The molecule has 2 atom stereocenters. The lowest BCUT2D eigenvalue weighted by Gasteiger charge is -2.24. The average Bonchev–Trinajstić information content (AvgIpc) is 3.45. The van der Waals surface area contributed by atoms with E-state index < -0.39 is 26.5 Å². The SMILES string of the molecule is CCCCCCCCCC/C=C\CCCCCCCCCCCCCCCCCCCCCCCCCC(=O)OC(COC(=O)CCCCCCCCCCCCCCCCCCCCCCCCC)COP(=O)(O)OCC[N+](C)(C)C. The molecule has 0 aliphatic rings. The van der Waals surface area contributed by atoms with Crippen molar-refractivity contribution in [2.75, 3.05) is 47.5 Å². The minimum Gasteiger partial charge on any atom is -0.462 e. The van der Waals surface area contributed by atoms with E-state index in [1.165, 1.54) is 321 Å². The zero-order valence-electron chi connectivity index (χ0n) is 55.8. The van der Waals surface area contributed by atoms with Crippen molar-refractivity contribution in [2.24, 2.45) is 0 Å². The van der Waals surface area contributed by atoms with E-state index in [2.05, 4.69) is 26.0 Å². The van der Waals surface area contributed by atoms with Crippen LogP contribution >= 0.6 is 7.82 Å². The predicted molar refractivity (Wildman–Crippen MR) is 354 cm³/mol. The van der Waals surface area contributed by atoms with Gasteiger partial charge in [-0.1, -0.05) is 347 Å². The van der Waals surface area contributed by atoms with Crippen molar-refractivity contribution in [1.29, 1.82) is 0 Å². The van der Waals surface area contributed by atoms with Crippen LogP contribution in [-0.2, 0) is 32.7 Å². The van der Waals surface area contributed by atoms with Gasteiger partial charge in [-0.3, -0.25) is 18.6 Å². The minimum absolute atomic E-state index is 0.0369. The molecule has 10 heteroatoms. The van der Waals surface area contributed by atoms with Gasteiger partial charge >= 0.3 is 19.8 Å². The number of hydrogen-bond donors (Lipinski definition) is 1. The summed E-state index contributed by atoms with van der Waals surface area (Å²) in [7, 11) is 1.51. The molecule has 2 unspecified atom stereocenters. The van der Waals surface area contributed by atoms with E-state index in [0.717, 1.165) is 38.5 Å². The molecule has 0 aromatic heterocycles. The van der Waals surface area contributed by atoms with Crippen LogP contribution in [0.1, 0.15) is 386 Å². The van der Waals surface area contributed by atoms with Crippen LogP contribution in [0.5, 0.6) is 0 Å². The molecule has 0 rings (SSSR count). The van der Waals surface area contributed by atoms with Crippen molar-refractivity contribution in [1.82, 2.24) is 0 Å². The second-order valence-electron chi connectivity index (χ2n) is 26.3. The van der Waals surface area contributed by atoms with Gasteiger partial charge < -0.3 is 18.9 Å². The lowest BCUT2D eigenvalue weighted by Crippen LogP contribution is -2.37. The number of rotatable bonds is 69. The van der Waals surface area contributed by atoms with Gasteiger partial charge in [0.1, 0.15) is 19.8 Å². The molecule has 0 saturated heterocycles. The van der Waals surface area contributed by atoms with Gasteiger partial charge in [0.15, 0.2) is 6.10 Å². The van der Waals surface area contributed by atoms with Crippen LogP contribution in [0.25, 0.3) is 0 Å². The standard InChI is InChI=1S/C72H142NO8P/c1-6-8-10-12-14-16-18-20-22-24-26-28-30-31-32-33-34-35-36-37-38-39-40-41-43-45-47-49-51-53-55-57-59-61-63-65-72(75)81-70(69-80-82(76,77)79-67-66-73(3,4)5)68-78-71(74)64-62-60-58-56-54-52-50-48-46-44-42-29-27-25-23-21-19-17-15-13-11-9-7-2/h24,26,70H,6-23,25,27-69H2,1-5H3/p+1/b26-24-. The van der Waals surface area contributed by atoms with Crippen molar-refractivity contribution >= 4 is 19.8 Å². The molecule has 0 amide bonds. The third kappa shape index (κ3) is 67.9. The van der Waals surface area contributed by atoms with Gasteiger partial charge in [0.05, 0.1) is 27.7 Å². The van der Waals surface area contributed by atoms with Crippen LogP contribution < -0.4 is 0 Å². The van der Waals surface area contributed by atoms with Gasteiger partial charge in [-0.05, 0) is 38.5 Å². The Labute approximate surface area is 511 Å². The number of carbonyl (C=O) groups is 2. The van der Waals surface area contributed by atoms with E-state index >= 15 is 0 Å². The Hall–Kier alpha value is -1.25. The molecule has 488 valence electrons. The van der Waals surface area contributed by atoms with E-state index in [-0.39, 0.29) is 25.6 Å². The Morgan fingerprint density at radius 1 is 0.366 bits per heavy atom. The molecule has 82 heavy (non-hydrogen) atoms. The Morgan fingerprint density at radius 3 is 0.902 bits per heavy atom. The fourth-order valence-electron chi connectivity index (χ4n) is 11.2. The van der Waals surface area contributed by atoms with E-state index in [1.807, 2.05) is 21.1 Å². The molecule has 0 aromatic rings. The quantitative estimate of drug-likeness (QED) is 0.0211. The van der Waals surface area contributed by atoms with Gasteiger partial charge in [0, 0.05) is 12.8 Å². The molecule has 0 aliphatic carbocycles. The highest BCUT2D eigenvalue weighted by molar-refractivity contribution is 7.47. The zero-order valence-corrected chi connectivity index (χ0v) is 56.7.